The van der Waals surface area contributed by atoms with Crippen LogP contribution in [0.4, 0.5) is 5.69 Å². The van der Waals surface area contributed by atoms with Crippen LogP contribution in [0, 0.1) is 0 Å². The molecule has 0 bridgehead atoms. The summed E-state index contributed by atoms with van der Waals surface area (Å²) < 4.78 is 2.11. The molecule has 4 aromatic rings. The molecule has 1 N–H and O–H groups in total. The number of hydrogen-bond acceptors (Lipinski definition) is 3. The Kier molecular flexibility index (Phi) is 5.80. The molecule has 164 valence electrons. The van der Waals surface area contributed by atoms with E-state index in [1.807, 2.05) is 56.5 Å². The van der Waals surface area contributed by atoms with E-state index in [2.05, 4.69) is 11.1 Å². The average molecular weight is 437 g/mol. The van der Waals surface area contributed by atoms with E-state index in [1.165, 1.54) is 13.0 Å². The smallest absolute Gasteiger partial charge is 0.336 e. The second kappa shape index (κ2) is 8.71. The number of fused-ring (bicyclic) bond motifs is 2. The second-order valence-corrected chi connectivity index (χ2v) is 7.75. The monoisotopic (exact) mass is 436 g/mol. The number of carboxylic acid groups (broad SMARTS) is 1. The SMILES string of the molecule is C=C/C=c1/c(=Nc2ccc(C(C)=O)c3c(C(=O)O)cccc23)c2ccccc2n(C)/c1=C/C. The first-order valence-corrected chi connectivity index (χ1v) is 10.6. The summed E-state index contributed by atoms with van der Waals surface area (Å²) in [5.41, 5.74) is 2.06. The maximum atomic E-state index is 12.3. The van der Waals surface area contributed by atoms with Crippen LogP contribution in [0.25, 0.3) is 33.8 Å². The van der Waals surface area contributed by atoms with Gasteiger partial charge >= 0.3 is 5.97 Å². The van der Waals surface area contributed by atoms with Crippen molar-refractivity contribution in [3.05, 3.63) is 94.3 Å². The van der Waals surface area contributed by atoms with Gasteiger partial charge in [-0.25, -0.2) is 9.79 Å². The summed E-state index contributed by atoms with van der Waals surface area (Å²) in [5.74, 6) is -1.28. The molecule has 0 amide bonds. The van der Waals surface area contributed by atoms with Crippen molar-refractivity contribution < 1.29 is 14.7 Å². The van der Waals surface area contributed by atoms with Crippen LogP contribution in [0.2, 0.25) is 0 Å². The van der Waals surface area contributed by atoms with Crippen molar-refractivity contribution in [2.24, 2.45) is 12.0 Å². The maximum Gasteiger partial charge on any atom is 0.336 e. The molecule has 4 rings (SSSR count). The number of aromatic nitrogens is 1. The van der Waals surface area contributed by atoms with Gasteiger partial charge in [0.05, 0.1) is 22.1 Å². The molecule has 0 atom stereocenters. The summed E-state index contributed by atoms with van der Waals surface area (Å²) in [5, 5.41) is 14.4. The third-order valence-electron chi connectivity index (χ3n) is 5.83. The van der Waals surface area contributed by atoms with Gasteiger partial charge in [0.1, 0.15) is 0 Å². The van der Waals surface area contributed by atoms with Gasteiger partial charge in [0.2, 0.25) is 0 Å². The van der Waals surface area contributed by atoms with Crippen molar-refractivity contribution in [2.75, 3.05) is 0 Å². The molecule has 0 spiro atoms. The number of para-hydroxylation sites is 1. The first-order valence-electron chi connectivity index (χ1n) is 10.6. The molecular weight excluding hydrogens is 412 g/mol. The van der Waals surface area contributed by atoms with Crippen LogP contribution in [0.3, 0.4) is 0 Å². The van der Waals surface area contributed by atoms with E-state index in [4.69, 9.17) is 4.99 Å². The lowest BCUT2D eigenvalue weighted by atomic mass is 9.96. The highest BCUT2D eigenvalue weighted by atomic mass is 16.4. The van der Waals surface area contributed by atoms with Gasteiger partial charge in [-0.2, -0.15) is 0 Å². The Balaban J connectivity index is 2.27. The molecule has 0 saturated heterocycles. The number of Topliss-reactive ketones (excluding diaryl/α,β-unsaturated/α-hetero) is 1. The quantitative estimate of drug-likeness (QED) is 0.487. The molecular formula is C28H24N2O3. The summed E-state index contributed by atoms with van der Waals surface area (Å²) in [7, 11) is 2.01. The minimum absolute atomic E-state index is 0.0829. The van der Waals surface area contributed by atoms with Crippen molar-refractivity contribution in [1.82, 2.24) is 4.57 Å². The minimum atomic E-state index is -1.08. The number of pyridine rings is 1. The standard InChI is InChI=1S/C28H24N2O3/c1-5-10-20-24(6-2)30(4)25-14-8-7-11-21(25)27(20)29-23-16-15-18(17(3)31)26-19(23)12-9-13-22(26)28(32)33/h5-16H,1H2,2-4H3,(H,32,33)/b20-10+,24-6+,29-27?. The Bertz CT molecular complexity index is 1640. The zero-order valence-electron chi connectivity index (χ0n) is 18.8. The zero-order chi connectivity index (χ0) is 23.7. The van der Waals surface area contributed by atoms with Crippen LogP contribution in [0.5, 0.6) is 0 Å². The summed E-state index contributed by atoms with van der Waals surface area (Å²) in [6.45, 7) is 7.29. The van der Waals surface area contributed by atoms with Gasteiger partial charge in [-0.1, -0.05) is 55.1 Å². The summed E-state index contributed by atoms with van der Waals surface area (Å²) in [4.78, 5) is 29.3. The Morgan fingerprint density at radius 1 is 1.00 bits per heavy atom. The van der Waals surface area contributed by atoms with E-state index in [0.29, 0.717) is 22.0 Å². The number of carboxylic acids is 1. The third-order valence-corrected chi connectivity index (χ3v) is 5.83. The molecule has 3 aromatic carbocycles. The van der Waals surface area contributed by atoms with E-state index >= 15 is 0 Å². The number of aromatic carboxylic acids is 1. The zero-order valence-corrected chi connectivity index (χ0v) is 18.8. The van der Waals surface area contributed by atoms with Crippen molar-refractivity contribution in [3.8, 4) is 0 Å². The highest BCUT2D eigenvalue weighted by molar-refractivity contribution is 6.16. The fourth-order valence-corrected chi connectivity index (χ4v) is 4.38. The highest BCUT2D eigenvalue weighted by Gasteiger charge is 2.17. The predicted octanol–water partition coefficient (Wildman–Crippen LogP) is 4.23. The van der Waals surface area contributed by atoms with E-state index in [0.717, 1.165) is 26.8 Å². The van der Waals surface area contributed by atoms with E-state index in [1.54, 1.807) is 24.3 Å². The maximum absolute atomic E-state index is 12.3. The largest absolute Gasteiger partial charge is 0.478 e. The molecule has 1 aromatic heterocycles. The number of nitrogens with zero attached hydrogens (tertiary/aromatic N) is 2. The third kappa shape index (κ3) is 3.68. The van der Waals surface area contributed by atoms with Crippen molar-refractivity contribution >= 4 is 51.3 Å². The molecule has 0 aliphatic rings. The number of rotatable bonds is 4. The molecule has 1 heterocycles. The lowest BCUT2D eigenvalue weighted by molar-refractivity contribution is 0.0699. The number of aryl methyl sites for hydroxylation is 1. The lowest BCUT2D eigenvalue weighted by Gasteiger charge is -2.12. The van der Waals surface area contributed by atoms with E-state index in [9.17, 15) is 14.7 Å². The van der Waals surface area contributed by atoms with Gasteiger partial charge in [0.25, 0.3) is 0 Å². The fraction of sp³-hybridized carbons (Fsp3) is 0.107. The highest BCUT2D eigenvalue weighted by Crippen LogP contribution is 2.31. The average Bonchev–Trinajstić information content (AvgIpc) is 2.81. The molecule has 5 heteroatoms. The first kappa shape index (κ1) is 22.0. The molecule has 0 fully saturated rings. The second-order valence-electron chi connectivity index (χ2n) is 7.75. The van der Waals surface area contributed by atoms with Crippen LogP contribution in [-0.4, -0.2) is 21.4 Å². The van der Waals surface area contributed by atoms with Gasteiger partial charge in [0.15, 0.2) is 5.78 Å². The van der Waals surface area contributed by atoms with Gasteiger partial charge in [0, 0.05) is 39.3 Å². The summed E-state index contributed by atoms with van der Waals surface area (Å²) >= 11 is 0. The molecule has 5 nitrogen and oxygen atoms in total. The number of carbonyl (C=O) groups is 2. The van der Waals surface area contributed by atoms with Gasteiger partial charge in [-0.05, 0) is 38.1 Å². The first-order chi connectivity index (χ1) is 15.9. The fourth-order valence-electron chi connectivity index (χ4n) is 4.38. The van der Waals surface area contributed by atoms with Crippen molar-refractivity contribution in [3.63, 3.8) is 0 Å². The summed E-state index contributed by atoms with van der Waals surface area (Å²) in [6, 6.07) is 16.4. The number of hydrogen-bond donors (Lipinski definition) is 1. The number of benzene rings is 3. The lowest BCUT2D eigenvalue weighted by Crippen LogP contribution is -2.45. The normalized spacial score (nSPS) is 13.1. The van der Waals surface area contributed by atoms with Crippen LogP contribution in [0.1, 0.15) is 34.6 Å². The summed E-state index contributed by atoms with van der Waals surface area (Å²) in [6.07, 6.45) is 5.69. The topological polar surface area (TPSA) is 71.7 Å². The molecule has 0 aliphatic heterocycles. The van der Waals surface area contributed by atoms with Crippen LogP contribution < -0.4 is 15.9 Å². The van der Waals surface area contributed by atoms with Crippen LogP contribution in [0.15, 0.2) is 72.2 Å². The molecule has 0 radical (unpaired) electrons. The van der Waals surface area contributed by atoms with E-state index in [-0.39, 0.29) is 11.3 Å². The minimum Gasteiger partial charge on any atom is -0.478 e. The van der Waals surface area contributed by atoms with Crippen molar-refractivity contribution in [2.45, 2.75) is 13.8 Å². The number of carbonyl (C=O) groups excluding carboxylic acids is 1. The van der Waals surface area contributed by atoms with Crippen LogP contribution in [-0.2, 0) is 7.05 Å². The predicted molar refractivity (Wildman–Crippen MR) is 133 cm³/mol. The Morgan fingerprint density at radius 3 is 2.39 bits per heavy atom. The Morgan fingerprint density at radius 2 is 1.73 bits per heavy atom. The van der Waals surface area contributed by atoms with Crippen LogP contribution >= 0.6 is 0 Å². The molecule has 0 aliphatic carbocycles. The Hall–Kier alpha value is -4.25. The van der Waals surface area contributed by atoms with Gasteiger partial charge < -0.3 is 9.67 Å². The van der Waals surface area contributed by atoms with Crippen molar-refractivity contribution in [1.29, 1.82) is 0 Å². The molecule has 0 saturated carbocycles. The molecule has 33 heavy (non-hydrogen) atoms. The van der Waals surface area contributed by atoms with E-state index < -0.39 is 5.97 Å². The number of allylic oxidation sites excluding steroid dienone is 1. The Labute approximate surface area is 191 Å². The number of ketones is 1. The van der Waals surface area contributed by atoms with Gasteiger partial charge in [-0.3, -0.25) is 4.79 Å². The van der Waals surface area contributed by atoms with Gasteiger partial charge in [-0.15, -0.1) is 0 Å². The molecule has 0 unspecified atom stereocenters.